The highest BCUT2D eigenvalue weighted by Gasteiger charge is 2.15. The fraction of sp³-hybridized carbons (Fsp3) is 0.308. The summed E-state index contributed by atoms with van der Waals surface area (Å²) >= 11 is 1.22. The van der Waals surface area contributed by atoms with Gasteiger partial charge in [0, 0.05) is 24.4 Å². The Morgan fingerprint density at radius 1 is 1.25 bits per heavy atom. The summed E-state index contributed by atoms with van der Waals surface area (Å²) in [4.78, 5) is 27.1. The normalized spacial score (nSPS) is 10.2. The monoisotopic (exact) mass is 290 g/mol. The van der Waals surface area contributed by atoms with Crippen molar-refractivity contribution < 1.29 is 9.59 Å². The van der Waals surface area contributed by atoms with E-state index in [1.165, 1.54) is 11.3 Å². The molecule has 0 aliphatic heterocycles. The molecule has 0 radical (unpaired) electrons. The molecule has 2 aromatic heterocycles. The zero-order valence-electron chi connectivity index (χ0n) is 11.0. The van der Waals surface area contributed by atoms with Gasteiger partial charge in [-0.25, -0.2) is 0 Å². The smallest absolute Gasteiger partial charge is 0.293 e. The van der Waals surface area contributed by atoms with Crippen molar-refractivity contribution in [3.8, 4) is 10.6 Å². The van der Waals surface area contributed by atoms with Gasteiger partial charge in [0.25, 0.3) is 5.91 Å². The SMILES string of the molecule is CCCCC(=O)C(=O)Nc1nnc(-c2ccncc2)s1. The Bertz CT molecular complexity index is 597. The van der Waals surface area contributed by atoms with Gasteiger partial charge in [0.2, 0.25) is 10.9 Å². The van der Waals surface area contributed by atoms with Crippen LogP contribution in [0.2, 0.25) is 0 Å². The van der Waals surface area contributed by atoms with E-state index in [-0.39, 0.29) is 6.42 Å². The largest absolute Gasteiger partial charge is 0.294 e. The second kappa shape index (κ2) is 6.85. The zero-order valence-corrected chi connectivity index (χ0v) is 11.8. The van der Waals surface area contributed by atoms with Crippen LogP contribution in [-0.2, 0) is 9.59 Å². The molecule has 2 rings (SSSR count). The number of carbonyl (C=O) groups excluding carboxylic acids is 2. The molecular weight excluding hydrogens is 276 g/mol. The molecule has 20 heavy (non-hydrogen) atoms. The van der Waals surface area contributed by atoms with Gasteiger partial charge in [0.05, 0.1) is 0 Å². The summed E-state index contributed by atoms with van der Waals surface area (Å²) in [7, 11) is 0. The molecule has 1 N–H and O–H groups in total. The maximum Gasteiger partial charge on any atom is 0.293 e. The highest BCUT2D eigenvalue weighted by molar-refractivity contribution is 7.18. The van der Waals surface area contributed by atoms with Crippen LogP contribution in [0.3, 0.4) is 0 Å². The average molecular weight is 290 g/mol. The molecule has 0 atom stereocenters. The number of rotatable bonds is 6. The summed E-state index contributed by atoms with van der Waals surface area (Å²) in [6, 6.07) is 3.61. The number of unbranched alkanes of at least 4 members (excludes halogenated alkanes) is 1. The van der Waals surface area contributed by atoms with E-state index in [0.29, 0.717) is 16.6 Å². The van der Waals surface area contributed by atoms with Crippen molar-refractivity contribution >= 4 is 28.2 Å². The van der Waals surface area contributed by atoms with E-state index in [1.54, 1.807) is 24.5 Å². The minimum atomic E-state index is -0.629. The molecule has 0 aliphatic carbocycles. The fourth-order valence-electron chi connectivity index (χ4n) is 1.50. The summed E-state index contributed by atoms with van der Waals surface area (Å²) in [5.41, 5.74) is 0.871. The molecule has 1 amide bonds. The molecule has 0 saturated heterocycles. The summed E-state index contributed by atoms with van der Waals surface area (Å²) in [5, 5.41) is 11.3. The Kier molecular flexibility index (Phi) is 4.89. The van der Waals surface area contributed by atoms with E-state index < -0.39 is 11.7 Å². The molecule has 0 saturated carbocycles. The molecular formula is C13H14N4O2S. The number of pyridine rings is 1. The van der Waals surface area contributed by atoms with Crippen LogP contribution in [-0.4, -0.2) is 26.9 Å². The molecule has 0 bridgehead atoms. The van der Waals surface area contributed by atoms with Crippen LogP contribution >= 0.6 is 11.3 Å². The lowest BCUT2D eigenvalue weighted by atomic mass is 10.2. The number of ketones is 1. The Labute approximate surface area is 120 Å². The molecule has 0 aliphatic rings. The van der Waals surface area contributed by atoms with Gasteiger partial charge in [0.15, 0.2) is 0 Å². The number of anilines is 1. The van der Waals surface area contributed by atoms with Gasteiger partial charge in [-0.1, -0.05) is 24.7 Å². The topological polar surface area (TPSA) is 84.8 Å². The Balaban J connectivity index is 2.00. The number of amides is 1. The van der Waals surface area contributed by atoms with Gasteiger partial charge in [0.1, 0.15) is 5.01 Å². The second-order valence-corrected chi connectivity index (χ2v) is 5.11. The minimum absolute atomic E-state index is 0.262. The van der Waals surface area contributed by atoms with Gasteiger partial charge in [-0.05, 0) is 18.6 Å². The quantitative estimate of drug-likeness (QED) is 0.825. The predicted molar refractivity (Wildman–Crippen MR) is 76.3 cm³/mol. The molecule has 0 aromatic carbocycles. The number of hydrogen-bond donors (Lipinski definition) is 1. The standard InChI is InChI=1S/C13H14N4O2S/c1-2-3-4-10(18)11(19)15-13-17-16-12(20-13)9-5-7-14-8-6-9/h5-8H,2-4H2,1H3,(H,15,17,19). The maximum atomic E-state index is 11.6. The van der Waals surface area contributed by atoms with E-state index in [9.17, 15) is 9.59 Å². The lowest BCUT2D eigenvalue weighted by Gasteiger charge is -1.98. The lowest BCUT2D eigenvalue weighted by Crippen LogP contribution is -2.22. The molecule has 7 heteroatoms. The lowest BCUT2D eigenvalue weighted by molar-refractivity contribution is -0.134. The van der Waals surface area contributed by atoms with Crippen molar-refractivity contribution in [1.29, 1.82) is 0 Å². The van der Waals surface area contributed by atoms with Gasteiger partial charge >= 0.3 is 0 Å². The Hall–Kier alpha value is -2.15. The fourth-order valence-corrected chi connectivity index (χ4v) is 2.25. The highest BCUT2D eigenvalue weighted by atomic mass is 32.1. The third-order valence-electron chi connectivity index (χ3n) is 2.58. The Morgan fingerprint density at radius 3 is 2.70 bits per heavy atom. The first-order valence-electron chi connectivity index (χ1n) is 6.28. The van der Waals surface area contributed by atoms with Gasteiger partial charge in [-0.15, -0.1) is 10.2 Å². The van der Waals surface area contributed by atoms with Gasteiger partial charge < -0.3 is 0 Å². The van der Waals surface area contributed by atoms with Crippen LogP contribution in [0.1, 0.15) is 26.2 Å². The molecule has 0 fully saturated rings. The van der Waals surface area contributed by atoms with Crippen LogP contribution in [0.25, 0.3) is 10.6 Å². The average Bonchev–Trinajstić information content (AvgIpc) is 2.94. The van der Waals surface area contributed by atoms with Crippen LogP contribution in [0.15, 0.2) is 24.5 Å². The van der Waals surface area contributed by atoms with Crippen molar-refractivity contribution in [3.05, 3.63) is 24.5 Å². The van der Waals surface area contributed by atoms with E-state index in [0.717, 1.165) is 12.0 Å². The van der Waals surface area contributed by atoms with Crippen molar-refractivity contribution in [1.82, 2.24) is 15.2 Å². The summed E-state index contributed by atoms with van der Waals surface area (Å²) in [5.74, 6) is -1.05. The highest BCUT2D eigenvalue weighted by Crippen LogP contribution is 2.25. The number of hydrogen-bond acceptors (Lipinski definition) is 6. The first kappa shape index (κ1) is 14.3. The predicted octanol–water partition coefficient (Wildman–Crippen LogP) is 2.30. The number of Topliss-reactive ketones (excluding diaryl/α,β-unsaturated/α-hetero) is 1. The molecule has 104 valence electrons. The first-order valence-corrected chi connectivity index (χ1v) is 7.10. The third kappa shape index (κ3) is 3.67. The van der Waals surface area contributed by atoms with Crippen LogP contribution < -0.4 is 5.32 Å². The van der Waals surface area contributed by atoms with Crippen molar-refractivity contribution in [2.75, 3.05) is 5.32 Å². The van der Waals surface area contributed by atoms with E-state index in [1.807, 2.05) is 6.92 Å². The molecule has 0 unspecified atom stereocenters. The number of nitrogens with one attached hydrogen (secondary N) is 1. The third-order valence-corrected chi connectivity index (χ3v) is 3.47. The van der Waals surface area contributed by atoms with Crippen molar-refractivity contribution in [2.45, 2.75) is 26.2 Å². The van der Waals surface area contributed by atoms with Crippen molar-refractivity contribution in [2.24, 2.45) is 0 Å². The molecule has 2 heterocycles. The molecule has 2 aromatic rings. The summed E-state index contributed by atoms with van der Waals surface area (Å²) in [6.45, 7) is 1.97. The summed E-state index contributed by atoms with van der Waals surface area (Å²) < 4.78 is 0. The Morgan fingerprint density at radius 2 is 2.00 bits per heavy atom. The van der Waals surface area contributed by atoms with Gasteiger partial charge in [-0.2, -0.15) is 0 Å². The number of nitrogens with zero attached hydrogens (tertiary/aromatic N) is 3. The summed E-state index contributed by atoms with van der Waals surface area (Å²) in [6.07, 6.45) is 5.17. The van der Waals surface area contributed by atoms with E-state index >= 15 is 0 Å². The zero-order chi connectivity index (χ0) is 14.4. The van der Waals surface area contributed by atoms with Gasteiger partial charge in [-0.3, -0.25) is 19.9 Å². The van der Waals surface area contributed by atoms with E-state index in [2.05, 4.69) is 20.5 Å². The number of carbonyl (C=O) groups is 2. The van der Waals surface area contributed by atoms with Crippen LogP contribution in [0.5, 0.6) is 0 Å². The van der Waals surface area contributed by atoms with Crippen LogP contribution in [0, 0.1) is 0 Å². The first-order chi connectivity index (χ1) is 9.70. The minimum Gasteiger partial charge on any atom is -0.294 e. The van der Waals surface area contributed by atoms with E-state index in [4.69, 9.17) is 0 Å². The second-order valence-electron chi connectivity index (χ2n) is 4.13. The number of aromatic nitrogens is 3. The molecule has 6 nitrogen and oxygen atoms in total. The van der Waals surface area contributed by atoms with Crippen molar-refractivity contribution in [3.63, 3.8) is 0 Å². The maximum absolute atomic E-state index is 11.6. The molecule has 0 spiro atoms. The van der Waals surface area contributed by atoms with Crippen LogP contribution in [0.4, 0.5) is 5.13 Å².